The van der Waals surface area contributed by atoms with E-state index < -0.39 is 30.0 Å². The molecule has 0 radical (unpaired) electrons. The summed E-state index contributed by atoms with van der Waals surface area (Å²) in [6.07, 6.45) is 1.12. The van der Waals surface area contributed by atoms with Gasteiger partial charge in [-0.3, -0.25) is 0 Å². The van der Waals surface area contributed by atoms with Crippen molar-refractivity contribution in [2.45, 2.75) is 72.2 Å². The van der Waals surface area contributed by atoms with E-state index in [9.17, 15) is 4.79 Å². The second-order valence-electron chi connectivity index (χ2n) is 7.71. The molecule has 22 heavy (non-hydrogen) atoms. The molecule has 0 amide bonds. The van der Waals surface area contributed by atoms with Gasteiger partial charge in [0.1, 0.15) is 5.60 Å². The van der Waals surface area contributed by atoms with Crippen LogP contribution in [-0.4, -0.2) is 39.8 Å². The third-order valence-electron chi connectivity index (χ3n) is 3.99. The molecule has 1 aliphatic rings. The van der Waals surface area contributed by atoms with E-state index in [-0.39, 0.29) is 0 Å². The van der Waals surface area contributed by atoms with Crippen LogP contribution in [-0.2, 0) is 14.0 Å². The van der Waals surface area contributed by atoms with Crippen LogP contribution in [0.4, 0.5) is 4.79 Å². The number of ether oxygens (including phenoxy) is 1. The molecular weight excluding hydrogens is 283 g/mol. The largest absolute Gasteiger partial charge is 0.516 e. The lowest BCUT2D eigenvalue weighted by Gasteiger charge is -2.32. The Kier molecular flexibility index (Phi) is 3.94. The predicted octanol–water partition coefficient (Wildman–Crippen LogP) is 2.27. The SMILES string of the molecule is Cc1cn(C(=O)OC(C)(C)C)nc1B1OC(C)(C)C(C)(C)O1. The molecule has 1 aromatic rings. The van der Waals surface area contributed by atoms with Gasteiger partial charge in [-0.1, -0.05) is 0 Å². The fourth-order valence-electron chi connectivity index (χ4n) is 2.06. The monoisotopic (exact) mass is 308 g/mol. The molecule has 6 nitrogen and oxygen atoms in total. The van der Waals surface area contributed by atoms with E-state index in [0.717, 1.165) is 5.56 Å². The van der Waals surface area contributed by atoms with Gasteiger partial charge in [0.05, 0.1) is 16.8 Å². The minimum absolute atomic E-state index is 0.445. The molecule has 0 atom stereocenters. The predicted molar refractivity (Wildman–Crippen MR) is 84.3 cm³/mol. The lowest BCUT2D eigenvalue weighted by Crippen LogP contribution is -2.41. The molecule has 1 saturated heterocycles. The average molecular weight is 308 g/mol. The Morgan fingerprint density at radius 1 is 1.23 bits per heavy atom. The molecule has 0 bridgehead atoms. The zero-order valence-electron chi connectivity index (χ0n) is 14.7. The van der Waals surface area contributed by atoms with Gasteiger partial charge in [-0.05, 0) is 61.0 Å². The third kappa shape index (κ3) is 3.20. The maximum absolute atomic E-state index is 12.1. The number of aryl methyl sites for hydroxylation is 1. The van der Waals surface area contributed by atoms with Crippen molar-refractivity contribution in [3.63, 3.8) is 0 Å². The number of rotatable bonds is 1. The molecular formula is C15H25BN2O4. The number of nitrogens with zero attached hydrogens (tertiary/aromatic N) is 2. The van der Waals surface area contributed by atoms with E-state index in [1.807, 2.05) is 55.4 Å². The van der Waals surface area contributed by atoms with Gasteiger partial charge in [0, 0.05) is 6.20 Å². The van der Waals surface area contributed by atoms with Crippen molar-refractivity contribution in [1.82, 2.24) is 9.78 Å². The minimum atomic E-state index is -0.589. The summed E-state index contributed by atoms with van der Waals surface area (Å²) in [7, 11) is -0.589. The quantitative estimate of drug-likeness (QED) is 0.745. The molecule has 7 heteroatoms. The number of aromatic nitrogens is 2. The minimum Gasteiger partial charge on any atom is -0.442 e. The lowest BCUT2D eigenvalue weighted by atomic mass is 9.82. The molecule has 122 valence electrons. The van der Waals surface area contributed by atoms with Gasteiger partial charge in [-0.25, -0.2) is 4.79 Å². The third-order valence-corrected chi connectivity index (χ3v) is 3.99. The van der Waals surface area contributed by atoms with Gasteiger partial charge < -0.3 is 14.0 Å². The Balaban J connectivity index is 2.23. The maximum Gasteiger partial charge on any atom is 0.516 e. The molecule has 0 spiro atoms. The highest BCUT2D eigenvalue weighted by Crippen LogP contribution is 2.36. The van der Waals surface area contributed by atoms with E-state index in [4.69, 9.17) is 14.0 Å². The van der Waals surface area contributed by atoms with E-state index in [0.29, 0.717) is 5.59 Å². The normalized spacial score (nSPS) is 20.3. The van der Waals surface area contributed by atoms with E-state index >= 15 is 0 Å². The van der Waals surface area contributed by atoms with Gasteiger partial charge in [0.25, 0.3) is 0 Å². The second-order valence-corrected chi connectivity index (χ2v) is 7.71. The van der Waals surface area contributed by atoms with Gasteiger partial charge in [-0.2, -0.15) is 9.78 Å². The summed E-state index contributed by atoms with van der Waals surface area (Å²) in [6.45, 7) is 15.2. The summed E-state index contributed by atoms with van der Waals surface area (Å²) < 4.78 is 18.5. The Morgan fingerprint density at radius 2 is 1.73 bits per heavy atom. The average Bonchev–Trinajstić information content (AvgIpc) is 2.75. The van der Waals surface area contributed by atoms with E-state index in [1.54, 1.807) is 6.20 Å². The molecule has 1 aromatic heterocycles. The van der Waals surface area contributed by atoms with Crippen molar-refractivity contribution in [3.8, 4) is 0 Å². The highest BCUT2D eigenvalue weighted by molar-refractivity contribution is 6.61. The fourth-order valence-corrected chi connectivity index (χ4v) is 2.06. The van der Waals surface area contributed by atoms with Crippen LogP contribution in [0.5, 0.6) is 0 Å². The molecule has 0 aliphatic carbocycles. The Labute approximate surface area is 132 Å². The first-order valence-electron chi connectivity index (χ1n) is 7.47. The van der Waals surface area contributed by atoms with Crippen LogP contribution >= 0.6 is 0 Å². The van der Waals surface area contributed by atoms with Crippen LogP contribution in [0.3, 0.4) is 0 Å². The summed E-state index contributed by atoms with van der Waals surface area (Å²) in [5, 5.41) is 4.30. The molecule has 0 saturated carbocycles. The number of hydrogen-bond donors (Lipinski definition) is 0. The maximum atomic E-state index is 12.1. The molecule has 1 fully saturated rings. The topological polar surface area (TPSA) is 62.6 Å². The van der Waals surface area contributed by atoms with Gasteiger partial charge in [0.2, 0.25) is 0 Å². The Morgan fingerprint density at radius 3 is 2.18 bits per heavy atom. The zero-order valence-corrected chi connectivity index (χ0v) is 14.7. The number of carbonyl (C=O) groups excluding carboxylic acids is 1. The smallest absolute Gasteiger partial charge is 0.442 e. The van der Waals surface area contributed by atoms with Crippen LogP contribution < -0.4 is 5.59 Å². The van der Waals surface area contributed by atoms with Crippen molar-refractivity contribution < 1.29 is 18.8 Å². The summed E-state index contributed by atoms with van der Waals surface area (Å²) in [5.74, 6) is 0. The van der Waals surface area contributed by atoms with Crippen LogP contribution in [0.25, 0.3) is 0 Å². The first-order chi connectivity index (χ1) is 9.82. The summed E-state index contributed by atoms with van der Waals surface area (Å²) in [5.41, 5.74) is -0.0324. The van der Waals surface area contributed by atoms with Crippen LogP contribution in [0.1, 0.15) is 54.0 Å². The molecule has 2 heterocycles. The molecule has 0 aromatic carbocycles. The standard InChI is InChI=1S/C15H25BN2O4/c1-10-9-18(12(19)20-13(2,3)4)17-11(10)16-21-14(5,6)15(7,8)22-16/h9H,1-8H3. The molecule has 2 rings (SSSR count). The Bertz CT molecular complexity index is 571. The Hall–Kier alpha value is -1.34. The summed E-state index contributed by atoms with van der Waals surface area (Å²) in [6, 6.07) is 0. The van der Waals surface area contributed by atoms with E-state index in [1.165, 1.54) is 4.68 Å². The summed E-state index contributed by atoms with van der Waals surface area (Å²) >= 11 is 0. The fraction of sp³-hybridized carbons (Fsp3) is 0.733. The number of hydrogen-bond acceptors (Lipinski definition) is 5. The van der Waals surface area contributed by atoms with Crippen LogP contribution in [0, 0.1) is 6.92 Å². The lowest BCUT2D eigenvalue weighted by molar-refractivity contribution is 0.00578. The highest BCUT2D eigenvalue weighted by atomic mass is 16.7. The first kappa shape index (κ1) is 17.0. The van der Waals surface area contributed by atoms with Gasteiger partial charge >= 0.3 is 13.2 Å². The van der Waals surface area contributed by atoms with Gasteiger partial charge in [-0.15, -0.1) is 0 Å². The zero-order chi connectivity index (χ0) is 16.9. The second kappa shape index (κ2) is 5.10. The van der Waals surface area contributed by atoms with Crippen molar-refractivity contribution >= 4 is 18.8 Å². The van der Waals surface area contributed by atoms with Crippen molar-refractivity contribution in [2.24, 2.45) is 0 Å². The van der Waals surface area contributed by atoms with Crippen LogP contribution in [0.2, 0.25) is 0 Å². The highest BCUT2D eigenvalue weighted by Gasteiger charge is 2.53. The van der Waals surface area contributed by atoms with Crippen LogP contribution in [0.15, 0.2) is 6.20 Å². The van der Waals surface area contributed by atoms with E-state index in [2.05, 4.69) is 5.10 Å². The van der Waals surface area contributed by atoms with Crippen molar-refractivity contribution in [3.05, 3.63) is 11.8 Å². The summed E-state index contributed by atoms with van der Waals surface area (Å²) in [4.78, 5) is 12.1. The first-order valence-corrected chi connectivity index (χ1v) is 7.47. The van der Waals surface area contributed by atoms with Gasteiger partial charge in [0.15, 0.2) is 0 Å². The number of carbonyl (C=O) groups is 1. The molecule has 0 unspecified atom stereocenters. The van der Waals surface area contributed by atoms with Crippen molar-refractivity contribution in [1.29, 1.82) is 0 Å². The van der Waals surface area contributed by atoms with Crippen molar-refractivity contribution in [2.75, 3.05) is 0 Å². The molecule has 1 aliphatic heterocycles. The molecule has 0 N–H and O–H groups in total.